The number of likely N-dealkylation sites (N-methyl/N-ethyl adjacent to an activating group) is 1. The third-order valence-electron chi connectivity index (χ3n) is 7.73. The molecule has 0 spiro atoms. The number of hydrogen-bond donors (Lipinski definition) is 3. The SMILES string of the molecule is Cc1ccc(NC(=O)Nc2cc(C(C)(C)C)sc2C(=O)N2CCN(C)C(=O)C2(C)C)cc1CCc1ccc(C(N)=O)nc1. The molecule has 4 rings (SSSR count). The first kappa shape index (κ1) is 31.7. The van der Waals surface area contributed by atoms with Crippen molar-refractivity contribution in [1.29, 1.82) is 0 Å². The van der Waals surface area contributed by atoms with Crippen LogP contribution in [-0.4, -0.2) is 64.2 Å². The van der Waals surface area contributed by atoms with Crippen LogP contribution in [-0.2, 0) is 23.1 Å². The maximum atomic E-state index is 13.9. The summed E-state index contributed by atoms with van der Waals surface area (Å²) in [5.41, 5.74) is 8.39. The van der Waals surface area contributed by atoms with E-state index in [0.29, 0.717) is 42.2 Å². The van der Waals surface area contributed by atoms with Crippen LogP contribution >= 0.6 is 11.3 Å². The molecule has 1 saturated heterocycles. The predicted molar refractivity (Wildman–Crippen MR) is 170 cm³/mol. The molecule has 3 aromatic rings. The largest absolute Gasteiger partial charge is 0.364 e. The van der Waals surface area contributed by atoms with Gasteiger partial charge < -0.3 is 26.2 Å². The van der Waals surface area contributed by atoms with Crippen molar-refractivity contribution in [2.75, 3.05) is 30.8 Å². The first-order valence-corrected chi connectivity index (χ1v) is 15.0. The van der Waals surface area contributed by atoms with E-state index >= 15 is 0 Å². The molecule has 0 saturated carbocycles. The molecule has 43 heavy (non-hydrogen) atoms. The van der Waals surface area contributed by atoms with Crippen molar-refractivity contribution < 1.29 is 19.2 Å². The van der Waals surface area contributed by atoms with Crippen LogP contribution < -0.4 is 16.4 Å². The standard InChI is InChI=1S/C32H40N6O4S/c1-19-8-12-22(16-21(19)11-9-20-10-13-23(27(33)39)34-18-20)35-30(42)36-24-17-25(31(2,3)4)43-26(24)28(40)38-15-14-37(7)29(41)32(38,5)6/h8,10,12-13,16-18H,9,11,14-15H2,1-7H3,(H2,33,39)(H2,35,36,42). The van der Waals surface area contributed by atoms with Gasteiger partial charge in [-0.15, -0.1) is 11.3 Å². The van der Waals surface area contributed by atoms with Gasteiger partial charge in [-0.2, -0.15) is 0 Å². The van der Waals surface area contributed by atoms with Crippen molar-refractivity contribution >= 4 is 46.5 Å². The fourth-order valence-electron chi connectivity index (χ4n) is 5.00. The highest BCUT2D eigenvalue weighted by atomic mass is 32.1. The highest BCUT2D eigenvalue weighted by molar-refractivity contribution is 7.14. The van der Waals surface area contributed by atoms with Crippen molar-refractivity contribution in [3.63, 3.8) is 0 Å². The Hall–Kier alpha value is -4.25. The molecular formula is C32H40N6O4S. The number of thiophene rings is 1. The van der Waals surface area contributed by atoms with E-state index in [-0.39, 0.29) is 22.9 Å². The van der Waals surface area contributed by atoms with E-state index in [2.05, 4.69) is 36.4 Å². The quantitative estimate of drug-likeness (QED) is 0.350. The second kappa shape index (κ2) is 12.2. The van der Waals surface area contributed by atoms with Crippen LogP contribution in [0.1, 0.15) is 76.3 Å². The summed E-state index contributed by atoms with van der Waals surface area (Å²) in [5, 5.41) is 5.80. The van der Waals surface area contributed by atoms with Gasteiger partial charge in [-0.25, -0.2) is 4.79 Å². The normalized spacial score (nSPS) is 14.9. The fourth-order valence-corrected chi connectivity index (χ4v) is 6.12. The predicted octanol–water partition coefficient (Wildman–Crippen LogP) is 4.97. The molecule has 1 aliphatic rings. The first-order chi connectivity index (χ1) is 20.1. The van der Waals surface area contributed by atoms with Gasteiger partial charge >= 0.3 is 6.03 Å². The van der Waals surface area contributed by atoms with Crippen molar-refractivity contribution in [3.05, 3.63) is 74.7 Å². The van der Waals surface area contributed by atoms with E-state index in [1.807, 2.05) is 37.3 Å². The zero-order valence-electron chi connectivity index (χ0n) is 25.8. The number of amides is 5. The molecule has 0 radical (unpaired) electrons. The van der Waals surface area contributed by atoms with E-state index in [1.54, 1.807) is 43.0 Å². The van der Waals surface area contributed by atoms with Crippen molar-refractivity contribution in [1.82, 2.24) is 14.8 Å². The lowest BCUT2D eigenvalue weighted by molar-refractivity contribution is -0.144. The van der Waals surface area contributed by atoms with Gasteiger partial charge in [0.05, 0.1) is 5.69 Å². The number of aryl methyl sites for hydroxylation is 3. The smallest absolute Gasteiger partial charge is 0.323 e. The Kier molecular flexibility index (Phi) is 8.96. The van der Waals surface area contributed by atoms with E-state index in [9.17, 15) is 19.2 Å². The average Bonchev–Trinajstić information content (AvgIpc) is 3.36. The van der Waals surface area contributed by atoms with E-state index < -0.39 is 17.5 Å². The lowest BCUT2D eigenvalue weighted by Crippen LogP contribution is -2.63. The second-order valence-corrected chi connectivity index (χ2v) is 13.5. The Morgan fingerprint density at radius 2 is 1.77 bits per heavy atom. The average molecular weight is 605 g/mol. The molecule has 10 nitrogen and oxygen atoms in total. The number of primary amides is 1. The molecule has 1 aromatic carbocycles. The molecule has 0 aliphatic carbocycles. The van der Waals surface area contributed by atoms with Gasteiger partial charge in [-0.3, -0.25) is 19.4 Å². The first-order valence-electron chi connectivity index (χ1n) is 14.2. The summed E-state index contributed by atoms with van der Waals surface area (Å²) in [4.78, 5) is 59.9. The number of nitrogens with two attached hydrogens (primary N) is 1. The van der Waals surface area contributed by atoms with Crippen molar-refractivity contribution in [2.24, 2.45) is 5.73 Å². The van der Waals surface area contributed by atoms with Gasteiger partial charge in [0.15, 0.2) is 0 Å². The number of hydrogen-bond acceptors (Lipinski definition) is 6. The third-order valence-corrected chi connectivity index (χ3v) is 9.28. The Labute approximate surface area is 256 Å². The molecule has 1 aliphatic heterocycles. The minimum Gasteiger partial charge on any atom is -0.364 e. The van der Waals surface area contributed by atoms with Crippen LogP contribution in [0.4, 0.5) is 16.2 Å². The number of carbonyl (C=O) groups excluding carboxylic acids is 4. The van der Waals surface area contributed by atoms with Gasteiger partial charge in [0.1, 0.15) is 16.1 Å². The van der Waals surface area contributed by atoms with Crippen LogP contribution in [0.15, 0.2) is 42.6 Å². The molecule has 1 fully saturated rings. The van der Waals surface area contributed by atoms with Crippen LogP contribution in [0.2, 0.25) is 0 Å². The summed E-state index contributed by atoms with van der Waals surface area (Å²) in [7, 11) is 1.74. The van der Waals surface area contributed by atoms with E-state index in [0.717, 1.165) is 21.6 Å². The van der Waals surface area contributed by atoms with Gasteiger partial charge in [0.2, 0.25) is 5.91 Å². The molecule has 0 bridgehead atoms. The number of anilines is 2. The second-order valence-electron chi connectivity index (χ2n) is 12.5. The summed E-state index contributed by atoms with van der Waals surface area (Å²) < 4.78 is 0. The number of benzene rings is 1. The number of nitrogens with zero attached hydrogens (tertiary/aromatic N) is 3. The van der Waals surface area contributed by atoms with E-state index in [4.69, 9.17) is 5.73 Å². The molecule has 11 heteroatoms. The molecule has 228 valence electrons. The monoisotopic (exact) mass is 604 g/mol. The van der Waals surface area contributed by atoms with Crippen LogP contribution in [0.3, 0.4) is 0 Å². The maximum absolute atomic E-state index is 13.9. The summed E-state index contributed by atoms with van der Waals surface area (Å²) in [5.74, 6) is -0.967. The number of aromatic nitrogens is 1. The molecule has 2 aromatic heterocycles. The Morgan fingerprint density at radius 3 is 2.40 bits per heavy atom. The van der Waals surface area contributed by atoms with Crippen LogP contribution in [0.5, 0.6) is 0 Å². The zero-order valence-corrected chi connectivity index (χ0v) is 26.6. The molecule has 5 amide bonds. The number of rotatable bonds is 7. The van der Waals surface area contributed by atoms with Gasteiger partial charge in [-0.1, -0.05) is 32.9 Å². The molecule has 3 heterocycles. The Morgan fingerprint density at radius 1 is 1.05 bits per heavy atom. The fraction of sp³-hybridized carbons (Fsp3) is 0.406. The highest BCUT2D eigenvalue weighted by Gasteiger charge is 2.44. The number of piperazine rings is 1. The molecular weight excluding hydrogens is 564 g/mol. The Bertz CT molecular complexity index is 1550. The van der Waals surface area contributed by atoms with Gasteiger partial charge in [0, 0.05) is 36.9 Å². The number of carbonyl (C=O) groups is 4. The summed E-state index contributed by atoms with van der Waals surface area (Å²) in [6.07, 6.45) is 3.05. The van der Waals surface area contributed by atoms with Crippen molar-refractivity contribution in [2.45, 2.75) is 65.3 Å². The van der Waals surface area contributed by atoms with Crippen LogP contribution in [0.25, 0.3) is 0 Å². The topological polar surface area (TPSA) is 138 Å². The number of pyridine rings is 1. The number of urea groups is 1. The van der Waals surface area contributed by atoms with Crippen LogP contribution in [0, 0.1) is 6.92 Å². The Balaban J connectivity index is 1.51. The third kappa shape index (κ3) is 7.05. The van der Waals surface area contributed by atoms with E-state index in [1.165, 1.54) is 11.3 Å². The molecule has 0 unspecified atom stereocenters. The minimum absolute atomic E-state index is 0.124. The maximum Gasteiger partial charge on any atom is 0.323 e. The summed E-state index contributed by atoms with van der Waals surface area (Å²) >= 11 is 1.34. The summed E-state index contributed by atoms with van der Waals surface area (Å²) in [6, 6.07) is 10.5. The van der Waals surface area contributed by atoms with Crippen molar-refractivity contribution in [3.8, 4) is 0 Å². The lowest BCUT2D eigenvalue weighted by Gasteiger charge is -2.44. The molecule has 0 atom stereocenters. The zero-order chi connectivity index (χ0) is 31.7. The lowest BCUT2D eigenvalue weighted by atomic mass is 9.94. The van der Waals surface area contributed by atoms with Gasteiger partial charge in [-0.05, 0) is 80.0 Å². The highest BCUT2D eigenvalue weighted by Crippen LogP contribution is 2.38. The molecule has 4 N–H and O–H groups in total. The summed E-state index contributed by atoms with van der Waals surface area (Å²) in [6.45, 7) is 12.5. The minimum atomic E-state index is -1.01. The van der Waals surface area contributed by atoms with Gasteiger partial charge in [0.25, 0.3) is 11.8 Å². The number of nitrogens with one attached hydrogen (secondary N) is 2.